The first-order chi connectivity index (χ1) is 12.9. The van der Waals surface area contributed by atoms with Gasteiger partial charge in [-0.05, 0) is 11.6 Å². The molecule has 1 aliphatic heterocycles. The topological polar surface area (TPSA) is 76.3 Å². The molecule has 0 amide bonds. The van der Waals surface area contributed by atoms with E-state index in [1.54, 1.807) is 6.07 Å². The molecule has 9 heteroatoms. The van der Waals surface area contributed by atoms with Crippen LogP contribution in [-0.2, 0) is 6.54 Å². The van der Waals surface area contributed by atoms with Crippen molar-refractivity contribution >= 4 is 28.9 Å². The van der Waals surface area contributed by atoms with Crippen molar-refractivity contribution < 1.29 is 13.5 Å². The summed E-state index contributed by atoms with van der Waals surface area (Å²) < 4.78 is 32.5. The van der Waals surface area contributed by atoms with Crippen molar-refractivity contribution in [1.29, 1.82) is 0 Å². The predicted molar refractivity (Wildman–Crippen MR) is 101 cm³/mol. The highest BCUT2D eigenvalue weighted by molar-refractivity contribution is 6.31. The van der Waals surface area contributed by atoms with Gasteiger partial charge in [0.25, 0.3) is 5.92 Å². The van der Waals surface area contributed by atoms with Crippen molar-refractivity contribution in [2.24, 2.45) is 0 Å². The molecule has 0 bridgehead atoms. The van der Waals surface area contributed by atoms with Crippen LogP contribution in [0, 0.1) is 12.3 Å². The molecule has 0 saturated carbocycles. The first-order valence-corrected chi connectivity index (χ1v) is 8.61. The van der Waals surface area contributed by atoms with Crippen LogP contribution >= 0.6 is 11.6 Å². The van der Waals surface area contributed by atoms with Gasteiger partial charge in [-0.3, -0.25) is 0 Å². The Kier molecular flexibility index (Phi) is 5.51. The molecule has 0 aliphatic carbocycles. The number of hydrogen-bond donors (Lipinski definition) is 2. The van der Waals surface area contributed by atoms with Gasteiger partial charge in [-0.25, -0.2) is 8.78 Å². The predicted octanol–water partition coefficient (Wildman–Crippen LogP) is 3.18. The highest BCUT2D eigenvalue weighted by Gasteiger charge is 2.40. The van der Waals surface area contributed by atoms with Gasteiger partial charge in [-0.1, -0.05) is 35.7 Å². The Morgan fingerprint density at radius 2 is 2.15 bits per heavy atom. The van der Waals surface area contributed by atoms with Crippen LogP contribution in [0.15, 0.2) is 24.3 Å². The van der Waals surface area contributed by atoms with E-state index in [1.165, 1.54) is 4.90 Å². The Labute approximate surface area is 160 Å². The van der Waals surface area contributed by atoms with Crippen LogP contribution in [0.1, 0.15) is 12.0 Å². The molecule has 1 saturated heterocycles. The zero-order valence-corrected chi connectivity index (χ0v) is 15.1. The highest BCUT2D eigenvalue weighted by Crippen LogP contribution is 2.36. The zero-order chi connectivity index (χ0) is 19.4. The number of rotatable bonds is 6. The third kappa shape index (κ3) is 4.49. The van der Waals surface area contributed by atoms with Crippen molar-refractivity contribution in [3.8, 4) is 18.4 Å². The fraction of sp³-hybridized carbons (Fsp3) is 0.333. The van der Waals surface area contributed by atoms with Crippen LogP contribution in [-0.4, -0.2) is 35.6 Å². The fourth-order valence-electron chi connectivity index (χ4n) is 2.72. The molecule has 142 valence electrons. The third-order valence-electron chi connectivity index (χ3n) is 4.06. The Morgan fingerprint density at radius 3 is 2.81 bits per heavy atom. The van der Waals surface area contributed by atoms with Gasteiger partial charge in [0.05, 0.1) is 6.54 Å². The Bertz CT molecular complexity index is 871. The van der Waals surface area contributed by atoms with Crippen LogP contribution < -0.4 is 20.7 Å². The molecule has 2 aromatic rings. The smallest absolute Gasteiger partial charge is 0.321 e. The van der Waals surface area contributed by atoms with Gasteiger partial charge in [0.15, 0.2) is 18.2 Å². The zero-order valence-electron chi connectivity index (χ0n) is 14.4. The van der Waals surface area contributed by atoms with Crippen LogP contribution in [0.2, 0.25) is 5.02 Å². The number of nitrogen functional groups attached to an aromatic ring is 1. The van der Waals surface area contributed by atoms with E-state index in [-0.39, 0.29) is 42.9 Å². The molecule has 2 heterocycles. The standard InChI is InChI=1S/C18H18ClF2N5O/c1-2-9-27-17-24-15(23-10-12-5-3-4-6-13(12)19)14(22)16(25-17)26-8-7-18(20,21)11-26/h1,3-6H,7-11,22H2,(H,23,24,25). The lowest BCUT2D eigenvalue weighted by Crippen LogP contribution is -2.27. The molecule has 1 aromatic heterocycles. The van der Waals surface area contributed by atoms with Gasteiger partial charge >= 0.3 is 6.01 Å². The second kappa shape index (κ2) is 7.84. The van der Waals surface area contributed by atoms with E-state index in [1.807, 2.05) is 18.2 Å². The molecule has 6 nitrogen and oxygen atoms in total. The first-order valence-electron chi connectivity index (χ1n) is 8.23. The quantitative estimate of drug-likeness (QED) is 0.734. The van der Waals surface area contributed by atoms with E-state index in [0.717, 1.165) is 5.56 Å². The average molecular weight is 394 g/mol. The monoisotopic (exact) mass is 393 g/mol. The summed E-state index contributed by atoms with van der Waals surface area (Å²) in [5.41, 5.74) is 7.14. The number of aromatic nitrogens is 2. The maximum atomic E-state index is 13.6. The molecule has 1 fully saturated rings. The highest BCUT2D eigenvalue weighted by atomic mass is 35.5. The maximum Gasteiger partial charge on any atom is 0.321 e. The first kappa shape index (κ1) is 19.0. The fourth-order valence-corrected chi connectivity index (χ4v) is 2.92. The largest absolute Gasteiger partial charge is 0.450 e. The van der Waals surface area contributed by atoms with E-state index in [4.69, 9.17) is 28.5 Å². The van der Waals surface area contributed by atoms with Gasteiger partial charge in [0, 0.05) is 24.5 Å². The van der Waals surface area contributed by atoms with E-state index < -0.39 is 12.5 Å². The number of nitrogens with one attached hydrogen (secondary N) is 1. The number of benzene rings is 1. The normalized spacial score (nSPS) is 15.4. The minimum Gasteiger partial charge on any atom is -0.450 e. The average Bonchev–Trinajstić information content (AvgIpc) is 3.00. The molecular weight excluding hydrogens is 376 g/mol. The molecule has 3 rings (SSSR count). The van der Waals surface area contributed by atoms with Crippen molar-refractivity contribution in [3.63, 3.8) is 0 Å². The van der Waals surface area contributed by atoms with Gasteiger partial charge in [-0.15, -0.1) is 6.42 Å². The van der Waals surface area contributed by atoms with Crippen LogP contribution in [0.5, 0.6) is 6.01 Å². The van der Waals surface area contributed by atoms with Crippen LogP contribution in [0.4, 0.5) is 26.1 Å². The molecule has 0 unspecified atom stereocenters. The Morgan fingerprint density at radius 1 is 1.37 bits per heavy atom. The summed E-state index contributed by atoms with van der Waals surface area (Å²) in [5.74, 6) is -0.0201. The number of hydrogen-bond acceptors (Lipinski definition) is 6. The van der Waals surface area contributed by atoms with E-state index in [2.05, 4.69) is 21.2 Å². The van der Waals surface area contributed by atoms with E-state index >= 15 is 0 Å². The Hall–Kier alpha value is -2.79. The van der Waals surface area contributed by atoms with Gasteiger partial charge < -0.3 is 20.7 Å². The number of terminal acetylenes is 1. The molecule has 0 radical (unpaired) electrons. The summed E-state index contributed by atoms with van der Waals surface area (Å²) in [6.07, 6.45) is 4.93. The lowest BCUT2D eigenvalue weighted by atomic mass is 10.2. The molecular formula is C18H18ClF2N5O. The van der Waals surface area contributed by atoms with Crippen molar-refractivity contribution in [1.82, 2.24) is 9.97 Å². The lowest BCUT2D eigenvalue weighted by molar-refractivity contribution is 0.0256. The van der Waals surface area contributed by atoms with Gasteiger partial charge in [0.2, 0.25) is 0 Å². The number of nitrogens with zero attached hydrogens (tertiary/aromatic N) is 3. The summed E-state index contributed by atoms with van der Waals surface area (Å²) in [6, 6.07) is 7.26. The number of alkyl halides is 2. The summed E-state index contributed by atoms with van der Waals surface area (Å²) in [4.78, 5) is 9.78. The van der Waals surface area contributed by atoms with Crippen molar-refractivity contribution in [2.75, 3.05) is 35.6 Å². The van der Waals surface area contributed by atoms with Gasteiger partial charge in [0.1, 0.15) is 5.69 Å². The third-order valence-corrected chi connectivity index (χ3v) is 4.43. The summed E-state index contributed by atoms with van der Waals surface area (Å²) in [6.45, 7) is -0.0476. The number of anilines is 3. The molecule has 0 atom stereocenters. The molecule has 3 N–H and O–H groups in total. The number of nitrogens with two attached hydrogens (primary N) is 1. The molecule has 0 spiro atoms. The van der Waals surface area contributed by atoms with Gasteiger partial charge in [-0.2, -0.15) is 9.97 Å². The molecule has 1 aliphatic rings. The van der Waals surface area contributed by atoms with Crippen molar-refractivity contribution in [3.05, 3.63) is 34.9 Å². The SMILES string of the molecule is C#CCOc1nc(NCc2ccccc2Cl)c(N)c(N2CCC(F)(F)C2)n1. The van der Waals surface area contributed by atoms with Crippen molar-refractivity contribution in [2.45, 2.75) is 18.9 Å². The minimum absolute atomic E-state index is 0.0333. The number of halogens is 3. The van der Waals surface area contributed by atoms with E-state index in [9.17, 15) is 8.78 Å². The summed E-state index contributed by atoms with van der Waals surface area (Å²) in [5, 5.41) is 3.65. The second-order valence-corrected chi connectivity index (χ2v) is 6.46. The second-order valence-electron chi connectivity index (χ2n) is 6.06. The number of ether oxygens (including phenoxy) is 1. The molecule has 27 heavy (non-hydrogen) atoms. The van der Waals surface area contributed by atoms with Crippen LogP contribution in [0.3, 0.4) is 0 Å². The summed E-state index contributed by atoms with van der Waals surface area (Å²) in [7, 11) is 0. The summed E-state index contributed by atoms with van der Waals surface area (Å²) >= 11 is 6.15. The van der Waals surface area contributed by atoms with E-state index in [0.29, 0.717) is 11.6 Å². The molecule has 1 aromatic carbocycles. The Balaban J connectivity index is 1.88. The maximum absolute atomic E-state index is 13.6. The minimum atomic E-state index is -2.79. The van der Waals surface area contributed by atoms with Crippen LogP contribution in [0.25, 0.3) is 0 Å². The lowest BCUT2D eigenvalue weighted by Gasteiger charge is -2.21.